The molecule has 0 spiro atoms. The maximum absolute atomic E-state index is 9.90. The van der Waals surface area contributed by atoms with E-state index >= 15 is 0 Å². The van der Waals surface area contributed by atoms with Gasteiger partial charge in [-0.2, -0.15) is 0 Å². The van der Waals surface area contributed by atoms with Gasteiger partial charge in [0.15, 0.2) is 11.5 Å². The molecule has 1 aliphatic heterocycles. The van der Waals surface area contributed by atoms with Gasteiger partial charge in [0.2, 0.25) is 0 Å². The van der Waals surface area contributed by atoms with Crippen LogP contribution in [-0.4, -0.2) is 28.3 Å². The van der Waals surface area contributed by atoms with Crippen molar-refractivity contribution >= 4 is 11.0 Å². The Labute approximate surface area is 98.4 Å². The predicted octanol–water partition coefficient (Wildman–Crippen LogP) is 1.56. The normalized spacial score (nSPS) is 15.2. The van der Waals surface area contributed by atoms with Gasteiger partial charge in [-0.1, -0.05) is 0 Å². The number of aromatic nitrogens is 2. The Morgan fingerprint density at radius 3 is 2.53 bits per heavy atom. The minimum absolute atomic E-state index is 0.537. The largest absolute Gasteiger partial charge is 0.486 e. The van der Waals surface area contributed by atoms with E-state index in [4.69, 9.17) is 9.47 Å². The molecule has 3 rings (SSSR count). The van der Waals surface area contributed by atoms with E-state index in [0.717, 1.165) is 16.8 Å². The zero-order valence-electron chi connectivity index (χ0n) is 9.78. The van der Waals surface area contributed by atoms with Gasteiger partial charge in [0.05, 0.1) is 11.0 Å². The molecule has 0 fully saturated rings. The summed E-state index contributed by atoms with van der Waals surface area (Å²) in [6.45, 7) is 4.50. The topological polar surface area (TPSA) is 67.4 Å². The van der Waals surface area contributed by atoms with Crippen molar-refractivity contribution in [3.63, 3.8) is 0 Å². The van der Waals surface area contributed by atoms with Crippen LogP contribution >= 0.6 is 0 Å². The Bertz CT molecular complexity index is 526. The molecule has 2 aromatic rings. The van der Waals surface area contributed by atoms with E-state index in [1.54, 1.807) is 13.8 Å². The van der Waals surface area contributed by atoms with Crippen LogP contribution in [0, 0.1) is 0 Å². The van der Waals surface area contributed by atoms with Gasteiger partial charge in [0.25, 0.3) is 0 Å². The van der Waals surface area contributed by atoms with E-state index in [9.17, 15) is 5.11 Å². The average molecular weight is 234 g/mol. The van der Waals surface area contributed by atoms with Gasteiger partial charge in [0, 0.05) is 12.1 Å². The molecule has 0 saturated carbocycles. The van der Waals surface area contributed by atoms with Crippen molar-refractivity contribution in [2.75, 3.05) is 13.2 Å². The maximum atomic E-state index is 9.90. The second-order valence-corrected chi connectivity index (χ2v) is 4.66. The van der Waals surface area contributed by atoms with Crippen molar-refractivity contribution in [2.45, 2.75) is 19.4 Å². The van der Waals surface area contributed by atoms with Gasteiger partial charge >= 0.3 is 0 Å². The fourth-order valence-electron chi connectivity index (χ4n) is 1.84. The van der Waals surface area contributed by atoms with Gasteiger partial charge in [-0.15, -0.1) is 0 Å². The monoisotopic (exact) mass is 234 g/mol. The highest BCUT2D eigenvalue weighted by Crippen LogP contribution is 2.34. The molecule has 5 nitrogen and oxygen atoms in total. The minimum atomic E-state index is -0.985. The number of nitrogens with one attached hydrogen (secondary N) is 1. The van der Waals surface area contributed by atoms with E-state index in [-0.39, 0.29) is 0 Å². The molecule has 0 atom stereocenters. The van der Waals surface area contributed by atoms with E-state index in [1.165, 1.54) is 0 Å². The van der Waals surface area contributed by atoms with Crippen LogP contribution in [0.4, 0.5) is 0 Å². The lowest BCUT2D eigenvalue weighted by molar-refractivity contribution is 0.0700. The highest BCUT2D eigenvalue weighted by Gasteiger charge is 2.22. The fourth-order valence-corrected chi connectivity index (χ4v) is 1.84. The van der Waals surface area contributed by atoms with E-state index in [2.05, 4.69) is 9.97 Å². The second-order valence-electron chi connectivity index (χ2n) is 4.66. The van der Waals surface area contributed by atoms with Crippen LogP contribution in [0.15, 0.2) is 12.1 Å². The minimum Gasteiger partial charge on any atom is -0.486 e. The van der Waals surface area contributed by atoms with E-state index in [0.29, 0.717) is 24.8 Å². The summed E-state index contributed by atoms with van der Waals surface area (Å²) in [4.78, 5) is 7.44. The summed E-state index contributed by atoms with van der Waals surface area (Å²) in [5.74, 6) is 1.96. The Hall–Kier alpha value is -1.75. The number of fused-ring (bicyclic) bond motifs is 2. The molecular formula is C12H14N2O3. The zero-order valence-corrected chi connectivity index (χ0v) is 9.78. The molecule has 1 aromatic heterocycles. The predicted molar refractivity (Wildman–Crippen MR) is 62.3 cm³/mol. The van der Waals surface area contributed by atoms with E-state index in [1.807, 2.05) is 12.1 Å². The number of rotatable bonds is 1. The number of benzene rings is 1. The van der Waals surface area contributed by atoms with Crippen molar-refractivity contribution in [1.82, 2.24) is 9.97 Å². The molecule has 17 heavy (non-hydrogen) atoms. The molecule has 0 aliphatic carbocycles. The molecule has 2 heterocycles. The van der Waals surface area contributed by atoms with Gasteiger partial charge in [-0.25, -0.2) is 4.98 Å². The summed E-state index contributed by atoms with van der Waals surface area (Å²) in [6.07, 6.45) is 0. The SMILES string of the molecule is CC(C)(O)c1nc2cc3c(cc2[nH]1)OCCO3. The lowest BCUT2D eigenvalue weighted by atomic mass is 10.1. The molecule has 1 aromatic carbocycles. The van der Waals surface area contributed by atoms with Crippen LogP contribution in [0.25, 0.3) is 11.0 Å². The van der Waals surface area contributed by atoms with Crippen LogP contribution in [-0.2, 0) is 5.60 Å². The Kier molecular flexibility index (Phi) is 2.06. The summed E-state index contributed by atoms with van der Waals surface area (Å²) in [5.41, 5.74) is 0.624. The summed E-state index contributed by atoms with van der Waals surface area (Å²) in [5, 5.41) is 9.90. The van der Waals surface area contributed by atoms with Crippen molar-refractivity contribution in [3.05, 3.63) is 18.0 Å². The van der Waals surface area contributed by atoms with Crippen LogP contribution in [0.3, 0.4) is 0 Å². The first-order valence-electron chi connectivity index (χ1n) is 5.56. The molecule has 0 amide bonds. The number of aliphatic hydroxyl groups is 1. The van der Waals surface area contributed by atoms with Crippen molar-refractivity contribution < 1.29 is 14.6 Å². The average Bonchev–Trinajstić information content (AvgIpc) is 2.68. The van der Waals surface area contributed by atoms with Crippen molar-refractivity contribution in [3.8, 4) is 11.5 Å². The standard InChI is InChI=1S/C12H14N2O3/c1-12(2,15)11-13-7-5-9-10(6-8(7)14-11)17-4-3-16-9/h5-6,15H,3-4H2,1-2H3,(H,13,14). The number of aromatic amines is 1. The molecular weight excluding hydrogens is 220 g/mol. The number of ether oxygens (including phenoxy) is 2. The highest BCUT2D eigenvalue weighted by molar-refractivity contribution is 5.80. The van der Waals surface area contributed by atoms with Gasteiger partial charge in [-0.05, 0) is 13.8 Å². The molecule has 90 valence electrons. The molecule has 0 radical (unpaired) electrons. The van der Waals surface area contributed by atoms with Gasteiger partial charge in [-0.3, -0.25) is 0 Å². The zero-order chi connectivity index (χ0) is 12.0. The second kappa shape index (κ2) is 3.37. The Morgan fingerprint density at radius 2 is 1.88 bits per heavy atom. The summed E-state index contributed by atoms with van der Waals surface area (Å²) in [6, 6.07) is 3.68. The van der Waals surface area contributed by atoms with E-state index < -0.39 is 5.60 Å². The smallest absolute Gasteiger partial charge is 0.163 e. The summed E-state index contributed by atoms with van der Waals surface area (Å²) >= 11 is 0. The molecule has 0 unspecified atom stereocenters. The Morgan fingerprint density at radius 1 is 1.24 bits per heavy atom. The number of imidazole rings is 1. The van der Waals surface area contributed by atoms with Crippen LogP contribution in [0.1, 0.15) is 19.7 Å². The summed E-state index contributed by atoms with van der Waals surface area (Å²) < 4.78 is 11.0. The van der Waals surface area contributed by atoms with Crippen LogP contribution in [0.2, 0.25) is 0 Å². The van der Waals surface area contributed by atoms with Crippen molar-refractivity contribution in [1.29, 1.82) is 0 Å². The summed E-state index contributed by atoms with van der Waals surface area (Å²) in [7, 11) is 0. The first-order valence-corrected chi connectivity index (χ1v) is 5.56. The lowest BCUT2D eigenvalue weighted by Crippen LogP contribution is -2.17. The molecule has 0 saturated heterocycles. The third-order valence-corrected chi connectivity index (χ3v) is 2.73. The third-order valence-electron chi connectivity index (χ3n) is 2.73. The Balaban J connectivity index is 2.16. The quantitative estimate of drug-likeness (QED) is 0.785. The molecule has 5 heteroatoms. The number of hydrogen-bond donors (Lipinski definition) is 2. The number of H-pyrrole nitrogens is 1. The lowest BCUT2D eigenvalue weighted by Gasteiger charge is -2.17. The first kappa shape index (κ1) is 10.4. The highest BCUT2D eigenvalue weighted by atomic mass is 16.6. The van der Waals surface area contributed by atoms with Gasteiger partial charge < -0.3 is 19.6 Å². The van der Waals surface area contributed by atoms with Crippen molar-refractivity contribution in [2.24, 2.45) is 0 Å². The van der Waals surface area contributed by atoms with Crippen LogP contribution in [0.5, 0.6) is 11.5 Å². The van der Waals surface area contributed by atoms with Gasteiger partial charge in [0.1, 0.15) is 24.6 Å². The molecule has 2 N–H and O–H groups in total. The number of hydrogen-bond acceptors (Lipinski definition) is 4. The third kappa shape index (κ3) is 1.72. The number of nitrogens with zero attached hydrogens (tertiary/aromatic N) is 1. The molecule has 1 aliphatic rings. The molecule has 0 bridgehead atoms. The van der Waals surface area contributed by atoms with Crippen LogP contribution < -0.4 is 9.47 Å². The fraction of sp³-hybridized carbons (Fsp3) is 0.417. The first-order chi connectivity index (χ1) is 8.04. The maximum Gasteiger partial charge on any atom is 0.163 e.